The topological polar surface area (TPSA) is 89.5 Å². The van der Waals surface area contributed by atoms with Crippen LogP contribution >= 0.6 is 11.6 Å². The molecular formula is C18H12ClN3O4. The fraction of sp³-hybridized carbons (Fsp3) is 0. The lowest BCUT2D eigenvalue weighted by Crippen LogP contribution is -2.09. The highest BCUT2D eigenvalue weighted by atomic mass is 35.5. The number of anilines is 3. The number of nitrogens with zero attached hydrogens (tertiary/aromatic N) is 3. The normalized spacial score (nSPS) is 10.3. The lowest BCUT2D eigenvalue weighted by atomic mass is 10.1. The van der Waals surface area contributed by atoms with Crippen molar-refractivity contribution in [3.63, 3.8) is 0 Å². The van der Waals surface area contributed by atoms with Crippen LogP contribution in [0.1, 0.15) is 0 Å². The monoisotopic (exact) mass is 369 g/mol. The molecule has 7 nitrogen and oxygen atoms in total. The molecule has 3 aromatic rings. The van der Waals surface area contributed by atoms with Gasteiger partial charge in [0, 0.05) is 46.4 Å². The van der Waals surface area contributed by atoms with Crippen LogP contribution in [0, 0.1) is 20.2 Å². The average Bonchev–Trinajstić information content (AvgIpc) is 2.64. The summed E-state index contributed by atoms with van der Waals surface area (Å²) in [5, 5.41) is 22.3. The zero-order valence-corrected chi connectivity index (χ0v) is 14.0. The zero-order chi connectivity index (χ0) is 18.7. The van der Waals surface area contributed by atoms with Gasteiger partial charge < -0.3 is 4.90 Å². The molecule has 0 heterocycles. The van der Waals surface area contributed by atoms with E-state index in [9.17, 15) is 20.2 Å². The van der Waals surface area contributed by atoms with Crippen LogP contribution < -0.4 is 4.90 Å². The first-order valence-corrected chi connectivity index (χ1v) is 7.88. The first-order chi connectivity index (χ1) is 12.5. The van der Waals surface area contributed by atoms with E-state index in [2.05, 4.69) is 0 Å². The van der Waals surface area contributed by atoms with E-state index in [1.54, 1.807) is 48.5 Å². The first-order valence-electron chi connectivity index (χ1n) is 7.50. The molecule has 8 heteroatoms. The first kappa shape index (κ1) is 17.4. The van der Waals surface area contributed by atoms with E-state index >= 15 is 0 Å². The van der Waals surface area contributed by atoms with E-state index in [1.165, 1.54) is 24.3 Å². The van der Waals surface area contributed by atoms with Crippen molar-refractivity contribution in [2.45, 2.75) is 0 Å². The Morgan fingerprint density at radius 2 is 0.923 bits per heavy atom. The number of benzene rings is 3. The maximum atomic E-state index is 10.9. The van der Waals surface area contributed by atoms with Crippen molar-refractivity contribution in [2.24, 2.45) is 0 Å². The van der Waals surface area contributed by atoms with E-state index in [4.69, 9.17) is 11.6 Å². The molecule has 0 aliphatic carbocycles. The molecule has 0 spiro atoms. The minimum atomic E-state index is -0.470. The summed E-state index contributed by atoms with van der Waals surface area (Å²) >= 11 is 5.95. The number of non-ortho nitro benzene ring substituents is 2. The Hall–Kier alpha value is -3.45. The molecule has 0 aliphatic rings. The lowest BCUT2D eigenvalue weighted by molar-refractivity contribution is -0.385. The third kappa shape index (κ3) is 3.62. The van der Waals surface area contributed by atoms with Gasteiger partial charge in [-0.25, -0.2) is 0 Å². The van der Waals surface area contributed by atoms with E-state index in [0.717, 1.165) is 5.69 Å². The Morgan fingerprint density at radius 1 is 0.615 bits per heavy atom. The van der Waals surface area contributed by atoms with Gasteiger partial charge in [-0.1, -0.05) is 11.6 Å². The summed E-state index contributed by atoms with van der Waals surface area (Å²) in [5.41, 5.74) is 2.07. The van der Waals surface area contributed by atoms with Gasteiger partial charge in [0.25, 0.3) is 11.4 Å². The van der Waals surface area contributed by atoms with Gasteiger partial charge in [-0.2, -0.15) is 0 Å². The maximum absolute atomic E-state index is 10.9. The second kappa shape index (κ2) is 7.20. The van der Waals surface area contributed by atoms with Gasteiger partial charge in [0.1, 0.15) is 0 Å². The second-order valence-electron chi connectivity index (χ2n) is 5.36. The van der Waals surface area contributed by atoms with Crippen molar-refractivity contribution in [1.29, 1.82) is 0 Å². The molecule has 0 radical (unpaired) electrons. The predicted octanol–water partition coefficient (Wildman–Crippen LogP) is 5.63. The maximum Gasteiger partial charge on any atom is 0.269 e. The summed E-state index contributed by atoms with van der Waals surface area (Å²) in [6.45, 7) is 0. The van der Waals surface area contributed by atoms with Gasteiger partial charge in [-0.15, -0.1) is 0 Å². The summed E-state index contributed by atoms with van der Waals surface area (Å²) in [5.74, 6) is 0. The fourth-order valence-electron chi connectivity index (χ4n) is 2.48. The molecule has 0 atom stereocenters. The van der Waals surface area contributed by atoms with Crippen molar-refractivity contribution >= 4 is 40.0 Å². The van der Waals surface area contributed by atoms with Gasteiger partial charge in [0.05, 0.1) is 9.85 Å². The fourth-order valence-corrected chi connectivity index (χ4v) is 2.61. The molecule has 26 heavy (non-hydrogen) atoms. The van der Waals surface area contributed by atoms with Crippen molar-refractivity contribution < 1.29 is 9.85 Å². The van der Waals surface area contributed by atoms with Crippen LogP contribution in [0.25, 0.3) is 0 Å². The Labute approximate surface area is 153 Å². The van der Waals surface area contributed by atoms with Crippen LogP contribution in [0.3, 0.4) is 0 Å². The molecule has 0 saturated heterocycles. The average molecular weight is 370 g/mol. The molecule has 0 saturated carbocycles. The molecule has 0 aromatic heterocycles. The van der Waals surface area contributed by atoms with Gasteiger partial charge in [-0.05, 0) is 48.5 Å². The van der Waals surface area contributed by atoms with E-state index in [-0.39, 0.29) is 11.4 Å². The number of nitro groups is 2. The van der Waals surface area contributed by atoms with Gasteiger partial charge in [0.2, 0.25) is 0 Å². The molecule has 3 rings (SSSR count). The summed E-state index contributed by atoms with van der Waals surface area (Å²) in [7, 11) is 0. The Morgan fingerprint density at radius 3 is 1.23 bits per heavy atom. The summed E-state index contributed by atoms with van der Waals surface area (Å²) in [6, 6.07) is 19.1. The number of hydrogen-bond acceptors (Lipinski definition) is 5. The van der Waals surface area contributed by atoms with Gasteiger partial charge >= 0.3 is 0 Å². The van der Waals surface area contributed by atoms with Crippen molar-refractivity contribution in [3.05, 3.63) is 98.0 Å². The molecule has 0 amide bonds. The SMILES string of the molecule is O=[N+]([O-])c1ccc(N(c2ccc(Cl)cc2)c2ccc([N+](=O)[O-])cc2)cc1. The van der Waals surface area contributed by atoms with Crippen molar-refractivity contribution in [2.75, 3.05) is 4.90 Å². The standard InChI is InChI=1S/C18H12ClN3O4/c19-13-1-3-14(4-2-13)20(15-5-9-17(10-6-15)21(23)24)16-7-11-18(12-8-16)22(25)26/h1-12H. The Kier molecular flexibility index (Phi) is 4.81. The molecular weight excluding hydrogens is 358 g/mol. The second-order valence-corrected chi connectivity index (χ2v) is 5.80. The zero-order valence-electron chi connectivity index (χ0n) is 13.3. The minimum absolute atomic E-state index is 0.0199. The summed E-state index contributed by atoms with van der Waals surface area (Å²) in [4.78, 5) is 22.6. The highest BCUT2D eigenvalue weighted by Crippen LogP contribution is 2.36. The third-order valence-corrected chi connectivity index (χ3v) is 3.97. The lowest BCUT2D eigenvalue weighted by Gasteiger charge is -2.25. The number of hydrogen-bond donors (Lipinski definition) is 0. The highest BCUT2D eigenvalue weighted by molar-refractivity contribution is 6.30. The molecule has 0 bridgehead atoms. The quantitative estimate of drug-likeness (QED) is 0.429. The molecule has 0 aliphatic heterocycles. The summed E-state index contributed by atoms with van der Waals surface area (Å²) in [6.07, 6.45) is 0. The summed E-state index contributed by atoms with van der Waals surface area (Å²) < 4.78 is 0. The van der Waals surface area contributed by atoms with Crippen LogP contribution in [-0.4, -0.2) is 9.85 Å². The molecule has 0 fully saturated rings. The van der Waals surface area contributed by atoms with Crippen molar-refractivity contribution in [1.82, 2.24) is 0 Å². The highest BCUT2D eigenvalue weighted by Gasteiger charge is 2.15. The Bertz CT molecular complexity index is 884. The third-order valence-electron chi connectivity index (χ3n) is 3.72. The predicted molar refractivity (Wildman–Crippen MR) is 99.4 cm³/mol. The van der Waals surface area contributed by atoms with Crippen LogP contribution in [0.5, 0.6) is 0 Å². The smallest absolute Gasteiger partial charge is 0.269 e. The Balaban J connectivity index is 2.08. The van der Waals surface area contributed by atoms with Crippen LogP contribution in [0.15, 0.2) is 72.8 Å². The number of rotatable bonds is 5. The molecule has 0 unspecified atom stereocenters. The van der Waals surface area contributed by atoms with Crippen LogP contribution in [0.2, 0.25) is 5.02 Å². The van der Waals surface area contributed by atoms with Crippen LogP contribution in [0.4, 0.5) is 28.4 Å². The van der Waals surface area contributed by atoms with E-state index in [1.807, 2.05) is 4.90 Å². The molecule has 130 valence electrons. The van der Waals surface area contributed by atoms with Gasteiger partial charge in [-0.3, -0.25) is 20.2 Å². The minimum Gasteiger partial charge on any atom is -0.310 e. The van der Waals surface area contributed by atoms with Crippen LogP contribution in [-0.2, 0) is 0 Å². The van der Waals surface area contributed by atoms with Crippen molar-refractivity contribution in [3.8, 4) is 0 Å². The number of nitro benzene ring substituents is 2. The molecule has 0 N–H and O–H groups in total. The van der Waals surface area contributed by atoms with E-state index < -0.39 is 9.85 Å². The largest absolute Gasteiger partial charge is 0.310 e. The molecule has 3 aromatic carbocycles. The van der Waals surface area contributed by atoms with Gasteiger partial charge in [0.15, 0.2) is 0 Å². The number of halogens is 1. The van der Waals surface area contributed by atoms with E-state index in [0.29, 0.717) is 16.4 Å².